The minimum Gasteiger partial charge on any atom is -0.481 e. The van der Waals surface area contributed by atoms with Crippen LogP contribution in [0.1, 0.15) is 91.9 Å². The molecule has 0 spiro atoms. The molecule has 172 valence electrons. The Morgan fingerprint density at radius 3 is 2.33 bits per heavy atom. The van der Waals surface area contributed by atoms with E-state index >= 15 is 0 Å². The fourth-order valence-electron chi connectivity index (χ4n) is 9.48. The van der Waals surface area contributed by atoms with Crippen LogP contribution in [-0.4, -0.2) is 33.5 Å². The lowest BCUT2D eigenvalue weighted by molar-refractivity contribution is -0.203. The first-order valence-corrected chi connectivity index (χ1v) is 12.7. The summed E-state index contributed by atoms with van der Waals surface area (Å²) < 4.78 is 0. The second-order valence-electron chi connectivity index (χ2n) is 12.0. The number of aliphatic hydroxyl groups excluding tert-OH is 2. The Labute approximate surface area is 182 Å². The van der Waals surface area contributed by atoms with E-state index in [2.05, 4.69) is 27.7 Å². The molecule has 4 heteroatoms. The van der Waals surface area contributed by atoms with Crippen LogP contribution >= 0.6 is 0 Å². The molecular weight excluding hydrogens is 376 g/mol. The summed E-state index contributed by atoms with van der Waals surface area (Å²) in [6.07, 6.45) is 9.27. The first-order valence-electron chi connectivity index (χ1n) is 12.7. The maximum absolute atomic E-state index is 11.7. The van der Waals surface area contributed by atoms with Gasteiger partial charge >= 0.3 is 5.97 Å². The molecule has 4 aliphatic carbocycles. The summed E-state index contributed by atoms with van der Waals surface area (Å²) in [5.41, 5.74) is 0.480. The third kappa shape index (κ3) is 3.36. The normalized spacial score (nSPS) is 51.5. The largest absolute Gasteiger partial charge is 0.481 e. The Bertz CT molecular complexity index is 649. The van der Waals surface area contributed by atoms with E-state index in [1.165, 1.54) is 25.7 Å². The molecule has 0 amide bonds. The monoisotopic (exact) mass is 420 g/mol. The third-order valence-corrected chi connectivity index (χ3v) is 11.0. The third-order valence-electron chi connectivity index (χ3n) is 11.0. The molecule has 4 aliphatic rings. The molecule has 0 saturated heterocycles. The number of hydrogen-bond donors (Lipinski definition) is 3. The highest BCUT2D eigenvalue weighted by atomic mass is 16.4. The van der Waals surface area contributed by atoms with Crippen LogP contribution in [0.5, 0.6) is 0 Å². The summed E-state index contributed by atoms with van der Waals surface area (Å²) in [5, 5.41) is 31.3. The van der Waals surface area contributed by atoms with Gasteiger partial charge in [-0.3, -0.25) is 4.79 Å². The van der Waals surface area contributed by atoms with Crippen LogP contribution in [-0.2, 0) is 4.79 Å². The summed E-state index contributed by atoms with van der Waals surface area (Å²) >= 11 is 0. The zero-order chi connectivity index (χ0) is 21.8. The van der Waals surface area contributed by atoms with Gasteiger partial charge in [0.05, 0.1) is 12.2 Å². The standard InChI is InChI=1S/C26H44O4/c1-5-17-21-14-16(27)10-12-26(21,4)20-11-13-25(3)18(15(2)6-9-22(28)29)7-8-19(25)23(20)24(17)30/h15-21,23-24,27,30H,5-14H2,1-4H3,(H,28,29)/t15-,16-,17-,18?,19+,20+,21?,23?,24+,25?,26?/m1/s1. The van der Waals surface area contributed by atoms with Crippen LogP contribution in [0.15, 0.2) is 0 Å². The molecule has 0 heterocycles. The second-order valence-corrected chi connectivity index (χ2v) is 12.0. The quantitative estimate of drug-likeness (QED) is 0.577. The van der Waals surface area contributed by atoms with Gasteiger partial charge in [0, 0.05) is 6.42 Å². The van der Waals surface area contributed by atoms with E-state index in [4.69, 9.17) is 5.11 Å². The van der Waals surface area contributed by atoms with Crippen molar-refractivity contribution in [1.82, 2.24) is 0 Å². The van der Waals surface area contributed by atoms with E-state index in [0.717, 1.165) is 32.1 Å². The van der Waals surface area contributed by atoms with Gasteiger partial charge in [-0.05, 0) is 104 Å². The molecule has 4 fully saturated rings. The minimum absolute atomic E-state index is 0.194. The Hall–Kier alpha value is -0.610. The maximum atomic E-state index is 11.7. The Morgan fingerprint density at radius 1 is 1.00 bits per heavy atom. The summed E-state index contributed by atoms with van der Waals surface area (Å²) in [6, 6.07) is 0. The van der Waals surface area contributed by atoms with Gasteiger partial charge in [0.15, 0.2) is 0 Å². The summed E-state index contributed by atoms with van der Waals surface area (Å²) in [5.74, 6) is 2.58. The number of carbonyl (C=O) groups is 1. The van der Waals surface area contributed by atoms with Crippen molar-refractivity contribution >= 4 is 5.97 Å². The molecule has 4 saturated carbocycles. The summed E-state index contributed by atoms with van der Waals surface area (Å²) in [6.45, 7) is 9.44. The predicted octanol–water partition coefficient (Wildman–Crippen LogP) is 5.11. The van der Waals surface area contributed by atoms with Crippen LogP contribution < -0.4 is 0 Å². The van der Waals surface area contributed by atoms with Crippen LogP contribution in [0.2, 0.25) is 0 Å². The van der Waals surface area contributed by atoms with Crippen LogP contribution in [0.4, 0.5) is 0 Å². The number of aliphatic carboxylic acids is 1. The Balaban J connectivity index is 1.61. The van der Waals surface area contributed by atoms with Crippen LogP contribution in [0.3, 0.4) is 0 Å². The van der Waals surface area contributed by atoms with Crippen molar-refractivity contribution in [2.45, 2.75) is 104 Å². The fraction of sp³-hybridized carbons (Fsp3) is 0.962. The topological polar surface area (TPSA) is 77.8 Å². The van der Waals surface area contributed by atoms with E-state index in [-0.39, 0.29) is 29.5 Å². The van der Waals surface area contributed by atoms with Gasteiger partial charge in [0.2, 0.25) is 0 Å². The number of hydrogen-bond acceptors (Lipinski definition) is 3. The van der Waals surface area contributed by atoms with E-state index in [0.29, 0.717) is 41.4 Å². The molecule has 0 radical (unpaired) electrons. The predicted molar refractivity (Wildman–Crippen MR) is 118 cm³/mol. The van der Waals surface area contributed by atoms with Crippen molar-refractivity contribution in [3.05, 3.63) is 0 Å². The van der Waals surface area contributed by atoms with Crippen molar-refractivity contribution in [3.63, 3.8) is 0 Å². The highest BCUT2D eigenvalue weighted by Crippen LogP contribution is 2.69. The van der Waals surface area contributed by atoms with Gasteiger partial charge in [-0.25, -0.2) is 0 Å². The van der Waals surface area contributed by atoms with Gasteiger partial charge in [-0.1, -0.05) is 34.1 Å². The molecule has 4 rings (SSSR count). The summed E-state index contributed by atoms with van der Waals surface area (Å²) in [7, 11) is 0. The molecular formula is C26H44O4. The van der Waals surface area contributed by atoms with Crippen molar-refractivity contribution in [2.75, 3.05) is 0 Å². The van der Waals surface area contributed by atoms with E-state index in [1.807, 2.05) is 0 Å². The molecule has 3 N–H and O–H groups in total. The zero-order valence-electron chi connectivity index (χ0n) is 19.5. The molecule has 11 atom stereocenters. The Morgan fingerprint density at radius 2 is 1.67 bits per heavy atom. The lowest BCUT2D eigenvalue weighted by Gasteiger charge is -2.64. The SMILES string of the molecule is CC[C@@H]1C2C[C@H](O)CCC2(C)[C@H]2CCC3(C)C([C@H](C)CCC(=O)O)CC[C@H]3C2[C@H]1O. The molecule has 30 heavy (non-hydrogen) atoms. The molecule has 0 aromatic heterocycles. The van der Waals surface area contributed by atoms with E-state index in [9.17, 15) is 15.0 Å². The highest BCUT2D eigenvalue weighted by molar-refractivity contribution is 5.66. The number of rotatable bonds is 5. The molecule has 4 nitrogen and oxygen atoms in total. The first-order chi connectivity index (χ1) is 14.1. The number of carboxylic acid groups (broad SMARTS) is 1. The lowest BCUT2D eigenvalue weighted by atomic mass is 9.41. The average Bonchev–Trinajstić information content (AvgIpc) is 3.05. The molecule has 5 unspecified atom stereocenters. The van der Waals surface area contributed by atoms with E-state index < -0.39 is 5.97 Å². The highest BCUT2D eigenvalue weighted by Gasteiger charge is 2.64. The Kier molecular flexibility index (Phi) is 6.07. The maximum Gasteiger partial charge on any atom is 0.303 e. The lowest BCUT2D eigenvalue weighted by Crippen LogP contribution is -2.62. The smallest absolute Gasteiger partial charge is 0.303 e. The molecule has 0 aromatic rings. The molecule has 0 aliphatic heterocycles. The fourth-order valence-corrected chi connectivity index (χ4v) is 9.48. The first kappa shape index (κ1) is 22.6. The number of aliphatic hydroxyl groups is 2. The van der Waals surface area contributed by atoms with Gasteiger partial charge in [0.1, 0.15) is 0 Å². The van der Waals surface area contributed by atoms with Gasteiger partial charge in [0.25, 0.3) is 0 Å². The van der Waals surface area contributed by atoms with Crippen molar-refractivity contribution in [3.8, 4) is 0 Å². The van der Waals surface area contributed by atoms with Crippen molar-refractivity contribution in [2.24, 2.45) is 52.3 Å². The number of carboxylic acids is 1. The average molecular weight is 421 g/mol. The summed E-state index contributed by atoms with van der Waals surface area (Å²) in [4.78, 5) is 11.1. The second kappa shape index (κ2) is 8.06. The van der Waals surface area contributed by atoms with Gasteiger partial charge in [-0.15, -0.1) is 0 Å². The van der Waals surface area contributed by atoms with Gasteiger partial charge in [-0.2, -0.15) is 0 Å². The van der Waals surface area contributed by atoms with E-state index in [1.54, 1.807) is 0 Å². The minimum atomic E-state index is -0.683. The zero-order valence-corrected chi connectivity index (χ0v) is 19.5. The van der Waals surface area contributed by atoms with Crippen LogP contribution in [0.25, 0.3) is 0 Å². The molecule has 0 bridgehead atoms. The van der Waals surface area contributed by atoms with Crippen LogP contribution in [0, 0.1) is 52.3 Å². The molecule has 0 aromatic carbocycles. The van der Waals surface area contributed by atoms with Crippen molar-refractivity contribution < 1.29 is 20.1 Å². The number of fused-ring (bicyclic) bond motifs is 5. The van der Waals surface area contributed by atoms with Gasteiger partial charge < -0.3 is 15.3 Å². The van der Waals surface area contributed by atoms with Crippen molar-refractivity contribution in [1.29, 1.82) is 0 Å².